The summed E-state index contributed by atoms with van der Waals surface area (Å²) < 4.78 is 54.8. The number of nitrogens with one attached hydrogen (secondary N) is 2. The summed E-state index contributed by atoms with van der Waals surface area (Å²) in [7, 11) is 0. The van der Waals surface area contributed by atoms with Crippen molar-refractivity contribution in [3.05, 3.63) is 70.9 Å². The van der Waals surface area contributed by atoms with Crippen molar-refractivity contribution in [2.45, 2.75) is 31.9 Å². The number of aromatic nitrogens is 3. The van der Waals surface area contributed by atoms with Gasteiger partial charge in [0.05, 0.1) is 22.0 Å². The van der Waals surface area contributed by atoms with E-state index in [9.17, 15) is 27.2 Å². The molecule has 1 saturated heterocycles. The average Bonchev–Trinajstić information content (AvgIpc) is 3.31. The molecule has 2 aromatic carbocycles. The number of nitrogens with two attached hydrogens (primary N) is 1. The lowest BCUT2D eigenvalue weighted by Gasteiger charge is -2.31. The molecule has 0 spiro atoms. The number of amides is 3. The van der Waals surface area contributed by atoms with Crippen LogP contribution in [-0.4, -0.2) is 44.5 Å². The zero-order valence-corrected chi connectivity index (χ0v) is 22.4. The Morgan fingerprint density at radius 2 is 1.76 bits per heavy atom. The Hall–Kier alpha value is -4.39. The minimum atomic E-state index is -4.71. The van der Waals surface area contributed by atoms with E-state index in [1.807, 2.05) is 6.07 Å². The summed E-state index contributed by atoms with van der Waals surface area (Å²) >= 11 is 6.46. The van der Waals surface area contributed by atoms with Crippen molar-refractivity contribution in [1.82, 2.24) is 19.5 Å². The highest BCUT2D eigenvalue weighted by Crippen LogP contribution is 2.38. The summed E-state index contributed by atoms with van der Waals surface area (Å²) in [5.41, 5.74) is 7.47. The van der Waals surface area contributed by atoms with Gasteiger partial charge >= 0.3 is 12.2 Å². The van der Waals surface area contributed by atoms with E-state index in [4.69, 9.17) is 17.3 Å². The van der Waals surface area contributed by atoms with Gasteiger partial charge in [0.25, 0.3) is 0 Å². The largest absolute Gasteiger partial charge is 0.416 e. The molecular weight excluding hydrogens is 566 g/mol. The lowest BCUT2D eigenvalue weighted by Crippen LogP contribution is -2.36. The zero-order chi connectivity index (χ0) is 29.5. The molecule has 14 heteroatoms. The van der Waals surface area contributed by atoms with E-state index in [-0.39, 0.29) is 28.4 Å². The van der Waals surface area contributed by atoms with Crippen molar-refractivity contribution >= 4 is 46.2 Å². The number of rotatable bonds is 4. The standard InChI is InChI=1S/C27H24ClF4N7O2/c1-14(40)38-8-6-15(7-9-38)23-12-18(24-25(33)34-13-35-39(23)24)16-2-5-21(19(28)10-16)36-26(41)37-22-11-17(27(30,31)32)3-4-20(22)29/h2-5,10-13,15H,6-9H2,1H3,(H2,33,34,35)(H2,36,37,41). The highest BCUT2D eigenvalue weighted by Gasteiger charge is 2.31. The highest BCUT2D eigenvalue weighted by atomic mass is 35.5. The van der Waals surface area contributed by atoms with E-state index in [1.165, 1.54) is 12.4 Å². The van der Waals surface area contributed by atoms with Crippen molar-refractivity contribution in [3.63, 3.8) is 0 Å². The van der Waals surface area contributed by atoms with Crippen LogP contribution in [0.3, 0.4) is 0 Å². The van der Waals surface area contributed by atoms with Gasteiger partial charge in [-0.05, 0) is 54.8 Å². The third-order valence-corrected chi connectivity index (χ3v) is 7.35. The predicted molar refractivity (Wildman–Crippen MR) is 146 cm³/mol. The maximum atomic E-state index is 14.1. The average molecular weight is 590 g/mol. The number of alkyl halides is 3. The van der Waals surface area contributed by atoms with Crippen LogP contribution >= 0.6 is 11.6 Å². The maximum Gasteiger partial charge on any atom is 0.416 e. The number of carbonyl (C=O) groups is 2. The molecule has 2 aromatic heterocycles. The number of urea groups is 1. The van der Waals surface area contributed by atoms with Gasteiger partial charge in [-0.15, -0.1) is 0 Å². The molecule has 9 nitrogen and oxygen atoms in total. The first-order valence-electron chi connectivity index (χ1n) is 12.5. The van der Waals surface area contributed by atoms with E-state index in [0.717, 1.165) is 18.5 Å². The number of hydrogen-bond acceptors (Lipinski definition) is 5. The molecule has 41 heavy (non-hydrogen) atoms. The van der Waals surface area contributed by atoms with Gasteiger partial charge < -0.3 is 21.3 Å². The molecule has 0 atom stereocenters. The summed E-state index contributed by atoms with van der Waals surface area (Å²) in [5, 5.41) is 9.04. The normalized spacial score (nSPS) is 14.3. The Bertz CT molecular complexity index is 1650. The molecule has 3 amide bonds. The molecule has 1 fully saturated rings. The zero-order valence-electron chi connectivity index (χ0n) is 21.6. The van der Waals surface area contributed by atoms with Crippen LogP contribution in [0.15, 0.2) is 48.8 Å². The Labute approximate surface area is 236 Å². The molecule has 5 rings (SSSR count). The maximum absolute atomic E-state index is 14.1. The number of hydrogen-bond donors (Lipinski definition) is 3. The second-order valence-corrected chi connectivity index (χ2v) is 10.0. The van der Waals surface area contributed by atoms with Crippen LogP contribution < -0.4 is 16.4 Å². The topological polar surface area (TPSA) is 118 Å². The van der Waals surface area contributed by atoms with Gasteiger partial charge in [0.1, 0.15) is 17.7 Å². The molecule has 0 radical (unpaired) electrons. The van der Waals surface area contributed by atoms with Gasteiger partial charge in [-0.3, -0.25) is 4.79 Å². The first-order valence-corrected chi connectivity index (χ1v) is 12.9. The summed E-state index contributed by atoms with van der Waals surface area (Å²) in [4.78, 5) is 30.2. The Morgan fingerprint density at radius 1 is 1.05 bits per heavy atom. The molecular formula is C27H24ClF4N7O2. The quantitative estimate of drug-likeness (QED) is 0.246. The van der Waals surface area contributed by atoms with Crippen LogP contribution in [0.1, 0.15) is 36.9 Å². The highest BCUT2D eigenvalue weighted by molar-refractivity contribution is 6.34. The number of halogens is 5. The van der Waals surface area contributed by atoms with Crippen LogP contribution in [0.5, 0.6) is 0 Å². The number of anilines is 3. The predicted octanol–water partition coefficient (Wildman–Crippen LogP) is 6.16. The van der Waals surface area contributed by atoms with Crippen LogP contribution in [0, 0.1) is 5.82 Å². The van der Waals surface area contributed by atoms with E-state index < -0.39 is 29.3 Å². The number of fused-ring (bicyclic) bond motifs is 1. The molecule has 0 aliphatic carbocycles. The van der Waals surface area contributed by atoms with Crippen molar-refractivity contribution in [2.24, 2.45) is 0 Å². The first-order chi connectivity index (χ1) is 19.4. The first kappa shape index (κ1) is 28.1. The number of likely N-dealkylation sites (tertiary alicyclic amines) is 1. The van der Waals surface area contributed by atoms with Crippen molar-refractivity contribution in [2.75, 3.05) is 29.5 Å². The molecule has 4 N–H and O–H groups in total. The Kier molecular flexibility index (Phi) is 7.47. The second-order valence-electron chi connectivity index (χ2n) is 9.64. The van der Waals surface area contributed by atoms with Crippen molar-refractivity contribution in [3.8, 4) is 11.1 Å². The lowest BCUT2D eigenvalue weighted by atomic mass is 9.93. The van der Waals surface area contributed by atoms with E-state index in [0.29, 0.717) is 47.9 Å². The minimum Gasteiger partial charge on any atom is -0.382 e. The molecule has 3 heterocycles. The Balaban J connectivity index is 1.39. The van der Waals surface area contributed by atoms with Gasteiger partial charge in [0, 0.05) is 37.2 Å². The van der Waals surface area contributed by atoms with Gasteiger partial charge in [-0.25, -0.2) is 18.7 Å². The fourth-order valence-electron chi connectivity index (χ4n) is 4.95. The van der Waals surface area contributed by atoms with Crippen molar-refractivity contribution in [1.29, 1.82) is 0 Å². The molecule has 0 saturated carbocycles. The smallest absolute Gasteiger partial charge is 0.382 e. The van der Waals surface area contributed by atoms with Gasteiger partial charge in [-0.2, -0.15) is 18.3 Å². The van der Waals surface area contributed by atoms with E-state index in [1.54, 1.807) is 28.5 Å². The van der Waals surface area contributed by atoms with Crippen LogP contribution in [0.25, 0.3) is 16.6 Å². The molecule has 4 aromatic rings. The summed E-state index contributed by atoms with van der Waals surface area (Å²) in [5.74, 6) is -0.619. The number of carbonyl (C=O) groups excluding carboxylic acids is 2. The van der Waals surface area contributed by atoms with E-state index >= 15 is 0 Å². The fourth-order valence-corrected chi connectivity index (χ4v) is 5.18. The van der Waals surface area contributed by atoms with Crippen LogP contribution in [-0.2, 0) is 11.0 Å². The SMILES string of the molecule is CC(=O)N1CCC(c2cc(-c3ccc(NC(=O)Nc4cc(C(F)(F)F)ccc4F)c(Cl)c3)c3c(N)ncnn23)CC1. The summed E-state index contributed by atoms with van der Waals surface area (Å²) in [6, 6.07) is 7.46. The molecule has 0 bridgehead atoms. The summed E-state index contributed by atoms with van der Waals surface area (Å²) in [6.45, 7) is 2.80. The van der Waals surface area contributed by atoms with Crippen molar-refractivity contribution < 1.29 is 27.2 Å². The number of benzene rings is 2. The van der Waals surface area contributed by atoms with Crippen LogP contribution in [0.2, 0.25) is 5.02 Å². The number of nitrogen functional groups attached to an aromatic ring is 1. The fraction of sp³-hybridized carbons (Fsp3) is 0.259. The lowest BCUT2D eigenvalue weighted by molar-refractivity contribution is -0.137. The van der Waals surface area contributed by atoms with Gasteiger partial charge in [0.2, 0.25) is 5.91 Å². The Morgan fingerprint density at radius 3 is 2.41 bits per heavy atom. The van der Waals surface area contributed by atoms with Gasteiger partial charge in [0.15, 0.2) is 5.82 Å². The number of piperidine rings is 1. The monoisotopic (exact) mass is 589 g/mol. The summed E-state index contributed by atoms with van der Waals surface area (Å²) in [6.07, 6.45) is -1.84. The number of nitrogens with zero attached hydrogens (tertiary/aromatic N) is 4. The molecule has 0 unspecified atom stereocenters. The van der Waals surface area contributed by atoms with Crippen LogP contribution in [0.4, 0.5) is 39.5 Å². The third-order valence-electron chi connectivity index (χ3n) is 7.04. The third kappa shape index (κ3) is 5.75. The second kappa shape index (κ2) is 10.9. The van der Waals surface area contributed by atoms with Gasteiger partial charge in [-0.1, -0.05) is 17.7 Å². The molecule has 1 aliphatic rings. The van der Waals surface area contributed by atoms with E-state index in [2.05, 4.69) is 20.7 Å². The molecule has 214 valence electrons. The minimum absolute atomic E-state index is 0.0349. The molecule has 1 aliphatic heterocycles.